The first kappa shape index (κ1) is 16.3. The molecule has 1 aliphatic heterocycles. The summed E-state index contributed by atoms with van der Waals surface area (Å²) >= 11 is 0. The monoisotopic (exact) mass is 326 g/mol. The summed E-state index contributed by atoms with van der Waals surface area (Å²) in [6.07, 6.45) is 1.97. The molecule has 1 atom stereocenters. The van der Waals surface area contributed by atoms with E-state index in [1.165, 1.54) is 5.56 Å². The maximum absolute atomic E-state index is 11.2. The summed E-state index contributed by atoms with van der Waals surface area (Å²) in [6, 6.07) is 13.9. The van der Waals surface area contributed by atoms with Gasteiger partial charge in [-0.15, -0.1) is 0 Å². The van der Waals surface area contributed by atoms with E-state index in [-0.39, 0.29) is 0 Å². The van der Waals surface area contributed by atoms with Crippen molar-refractivity contribution in [2.45, 2.75) is 32.4 Å². The highest BCUT2D eigenvalue weighted by Crippen LogP contribution is 2.32. The highest BCUT2D eigenvalue weighted by atomic mass is 16.7. The average molecular weight is 326 g/mol. The Kier molecular flexibility index (Phi) is 5.01. The van der Waals surface area contributed by atoms with E-state index >= 15 is 0 Å². The van der Waals surface area contributed by atoms with E-state index in [0.717, 1.165) is 29.9 Å². The molecule has 1 aliphatic rings. The van der Waals surface area contributed by atoms with Crippen molar-refractivity contribution in [2.24, 2.45) is 5.73 Å². The predicted octanol–water partition coefficient (Wildman–Crippen LogP) is 2.63. The van der Waals surface area contributed by atoms with E-state index in [9.17, 15) is 4.79 Å². The van der Waals surface area contributed by atoms with Crippen LogP contribution in [0.25, 0.3) is 0 Å². The molecule has 0 aromatic heterocycles. The molecule has 5 heteroatoms. The first-order valence-corrected chi connectivity index (χ1v) is 8.12. The number of hydrogen-bond donors (Lipinski definition) is 2. The Balaban J connectivity index is 1.48. The van der Waals surface area contributed by atoms with Crippen LogP contribution < -0.4 is 20.5 Å². The third-order valence-electron chi connectivity index (χ3n) is 4.17. The van der Waals surface area contributed by atoms with Crippen LogP contribution in [0.15, 0.2) is 42.5 Å². The molecule has 5 nitrogen and oxygen atoms in total. The van der Waals surface area contributed by atoms with Crippen molar-refractivity contribution >= 4 is 5.91 Å². The fourth-order valence-corrected chi connectivity index (χ4v) is 2.71. The molecular formula is C19H22N2O3. The summed E-state index contributed by atoms with van der Waals surface area (Å²) in [5, 5.41) is 3.48. The summed E-state index contributed by atoms with van der Waals surface area (Å²) < 4.78 is 10.7. The van der Waals surface area contributed by atoms with Crippen molar-refractivity contribution in [3.63, 3.8) is 0 Å². The van der Waals surface area contributed by atoms with Gasteiger partial charge in [0.15, 0.2) is 11.5 Å². The number of rotatable bonds is 7. The Morgan fingerprint density at radius 3 is 2.83 bits per heavy atom. The SMILES string of the molecule is CC(CCc1ccc2c(c1)OCO2)NCc1cccc(C(N)=O)c1. The van der Waals surface area contributed by atoms with E-state index in [4.69, 9.17) is 15.2 Å². The lowest BCUT2D eigenvalue weighted by Gasteiger charge is -2.14. The largest absolute Gasteiger partial charge is 0.454 e. The van der Waals surface area contributed by atoms with Gasteiger partial charge in [0, 0.05) is 18.2 Å². The summed E-state index contributed by atoms with van der Waals surface area (Å²) in [6.45, 7) is 3.18. The molecule has 1 unspecified atom stereocenters. The molecule has 0 aliphatic carbocycles. The molecule has 3 N–H and O–H groups in total. The lowest BCUT2D eigenvalue weighted by atomic mass is 10.0. The molecule has 0 spiro atoms. The molecular weight excluding hydrogens is 304 g/mol. The number of nitrogens with two attached hydrogens (primary N) is 1. The Morgan fingerprint density at radius 1 is 1.17 bits per heavy atom. The van der Waals surface area contributed by atoms with Gasteiger partial charge in [-0.25, -0.2) is 0 Å². The van der Waals surface area contributed by atoms with Gasteiger partial charge in [0.1, 0.15) is 0 Å². The number of ether oxygens (including phenoxy) is 2. The Hall–Kier alpha value is -2.53. The minimum absolute atomic E-state index is 0.307. The smallest absolute Gasteiger partial charge is 0.248 e. The number of carbonyl (C=O) groups excluding carboxylic acids is 1. The van der Waals surface area contributed by atoms with Crippen LogP contribution in [0.1, 0.15) is 34.8 Å². The van der Waals surface area contributed by atoms with Crippen LogP contribution in [-0.4, -0.2) is 18.7 Å². The van der Waals surface area contributed by atoms with Gasteiger partial charge in [0.05, 0.1) is 0 Å². The number of nitrogens with one attached hydrogen (secondary N) is 1. The molecule has 1 amide bonds. The molecule has 126 valence electrons. The summed E-state index contributed by atoms with van der Waals surface area (Å²) in [7, 11) is 0. The van der Waals surface area contributed by atoms with Gasteiger partial charge in [0.2, 0.25) is 12.7 Å². The normalized spacial score (nSPS) is 13.7. The third-order valence-corrected chi connectivity index (χ3v) is 4.17. The maximum Gasteiger partial charge on any atom is 0.248 e. The van der Waals surface area contributed by atoms with Crippen molar-refractivity contribution in [3.8, 4) is 11.5 Å². The van der Waals surface area contributed by atoms with Crippen LogP contribution in [0.4, 0.5) is 0 Å². The molecule has 0 saturated heterocycles. The molecule has 0 saturated carbocycles. The highest BCUT2D eigenvalue weighted by molar-refractivity contribution is 5.92. The van der Waals surface area contributed by atoms with Crippen LogP contribution in [-0.2, 0) is 13.0 Å². The lowest BCUT2D eigenvalue weighted by Crippen LogP contribution is -2.26. The summed E-state index contributed by atoms with van der Waals surface area (Å²) in [5.74, 6) is 1.25. The molecule has 2 aromatic carbocycles. The number of primary amides is 1. The van der Waals surface area contributed by atoms with Gasteiger partial charge in [-0.05, 0) is 55.2 Å². The van der Waals surface area contributed by atoms with Crippen LogP contribution in [0.5, 0.6) is 11.5 Å². The van der Waals surface area contributed by atoms with Gasteiger partial charge < -0.3 is 20.5 Å². The number of hydrogen-bond acceptors (Lipinski definition) is 4. The first-order chi connectivity index (χ1) is 11.6. The van der Waals surface area contributed by atoms with E-state index in [1.807, 2.05) is 30.3 Å². The maximum atomic E-state index is 11.2. The van der Waals surface area contributed by atoms with E-state index in [1.54, 1.807) is 6.07 Å². The Labute approximate surface area is 141 Å². The highest BCUT2D eigenvalue weighted by Gasteiger charge is 2.13. The number of amides is 1. The predicted molar refractivity (Wildman–Crippen MR) is 92.1 cm³/mol. The number of carbonyl (C=O) groups is 1. The number of aryl methyl sites for hydroxylation is 1. The zero-order valence-corrected chi connectivity index (χ0v) is 13.7. The van der Waals surface area contributed by atoms with E-state index in [2.05, 4.69) is 18.3 Å². The second kappa shape index (κ2) is 7.36. The quantitative estimate of drug-likeness (QED) is 0.820. The minimum Gasteiger partial charge on any atom is -0.454 e. The Bertz CT molecular complexity index is 730. The fourth-order valence-electron chi connectivity index (χ4n) is 2.71. The first-order valence-electron chi connectivity index (χ1n) is 8.12. The topological polar surface area (TPSA) is 73.6 Å². The molecule has 0 radical (unpaired) electrons. The third kappa shape index (κ3) is 4.06. The zero-order chi connectivity index (χ0) is 16.9. The van der Waals surface area contributed by atoms with Gasteiger partial charge in [-0.3, -0.25) is 4.79 Å². The van der Waals surface area contributed by atoms with Crippen molar-refractivity contribution in [2.75, 3.05) is 6.79 Å². The van der Waals surface area contributed by atoms with Crippen molar-refractivity contribution < 1.29 is 14.3 Å². The molecule has 1 heterocycles. The molecule has 3 rings (SSSR count). The standard InChI is InChI=1S/C19H22N2O3/c1-13(21-11-15-3-2-4-16(9-15)19(20)22)5-6-14-7-8-17-18(10-14)24-12-23-17/h2-4,7-10,13,21H,5-6,11-12H2,1H3,(H2,20,22). The van der Waals surface area contributed by atoms with Gasteiger partial charge in [-0.2, -0.15) is 0 Å². The number of fused-ring (bicyclic) bond motifs is 1. The van der Waals surface area contributed by atoms with Gasteiger partial charge >= 0.3 is 0 Å². The zero-order valence-electron chi connectivity index (χ0n) is 13.7. The van der Waals surface area contributed by atoms with E-state index in [0.29, 0.717) is 24.9 Å². The van der Waals surface area contributed by atoms with Crippen molar-refractivity contribution in [1.29, 1.82) is 0 Å². The van der Waals surface area contributed by atoms with E-state index < -0.39 is 5.91 Å². The summed E-state index contributed by atoms with van der Waals surface area (Å²) in [5.41, 5.74) is 8.15. The van der Waals surface area contributed by atoms with Gasteiger partial charge in [0.25, 0.3) is 0 Å². The molecule has 24 heavy (non-hydrogen) atoms. The second-order valence-electron chi connectivity index (χ2n) is 6.07. The minimum atomic E-state index is -0.396. The Morgan fingerprint density at radius 2 is 2.00 bits per heavy atom. The van der Waals surface area contributed by atoms with Crippen LogP contribution in [0.3, 0.4) is 0 Å². The fraction of sp³-hybridized carbons (Fsp3) is 0.316. The molecule has 0 bridgehead atoms. The van der Waals surface area contributed by atoms with Crippen molar-refractivity contribution in [1.82, 2.24) is 5.32 Å². The van der Waals surface area contributed by atoms with Crippen LogP contribution in [0.2, 0.25) is 0 Å². The van der Waals surface area contributed by atoms with Crippen molar-refractivity contribution in [3.05, 3.63) is 59.2 Å². The molecule has 2 aromatic rings. The van der Waals surface area contributed by atoms with Crippen LogP contribution in [0, 0.1) is 0 Å². The summed E-state index contributed by atoms with van der Waals surface area (Å²) in [4.78, 5) is 11.2. The number of benzene rings is 2. The second-order valence-corrected chi connectivity index (χ2v) is 6.07. The average Bonchev–Trinajstić information content (AvgIpc) is 3.06. The van der Waals surface area contributed by atoms with Crippen LogP contribution >= 0.6 is 0 Å². The van der Waals surface area contributed by atoms with Gasteiger partial charge in [-0.1, -0.05) is 18.2 Å². The lowest BCUT2D eigenvalue weighted by molar-refractivity contribution is 0.1000. The molecule has 0 fully saturated rings.